The third-order valence-electron chi connectivity index (χ3n) is 4.99. The van der Waals surface area contributed by atoms with Gasteiger partial charge < -0.3 is 9.47 Å². The fraction of sp³-hybridized carbons (Fsp3) is 1.00. The highest BCUT2D eigenvalue weighted by Gasteiger charge is 2.43. The van der Waals surface area contributed by atoms with Crippen LogP contribution in [0.2, 0.25) is 12.6 Å². The molecule has 1 saturated carbocycles. The van der Waals surface area contributed by atoms with Gasteiger partial charge in [0.15, 0.2) is 0 Å². The van der Waals surface area contributed by atoms with Crippen LogP contribution in [-0.2, 0) is 9.47 Å². The Labute approximate surface area is 107 Å². The van der Waals surface area contributed by atoms with E-state index in [9.17, 15) is 0 Å². The molecule has 5 unspecified atom stereocenters. The van der Waals surface area contributed by atoms with Gasteiger partial charge in [-0.3, -0.25) is 0 Å². The van der Waals surface area contributed by atoms with Crippen LogP contribution in [0.5, 0.6) is 0 Å². The molecule has 0 amide bonds. The van der Waals surface area contributed by atoms with Crippen LogP contribution >= 0.6 is 0 Å². The summed E-state index contributed by atoms with van der Waals surface area (Å²) in [5.74, 6) is 0.970. The van der Waals surface area contributed by atoms with Crippen molar-refractivity contribution in [3.8, 4) is 0 Å². The van der Waals surface area contributed by atoms with Crippen LogP contribution in [0.4, 0.5) is 0 Å². The molecule has 3 heteroatoms. The molecule has 98 valence electrons. The lowest BCUT2D eigenvalue weighted by molar-refractivity contribution is 0.0624. The van der Waals surface area contributed by atoms with E-state index in [1.165, 1.54) is 51.0 Å². The molecular weight excluding hydrogens is 228 g/mol. The number of ether oxygens (including phenoxy) is 2. The van der Waals surface area contributed by atoms with Crippen LogP contribution < -0.4 is 0 Å². The molecule has 17 heavy (non-hydrogen) atoms. The van der Waals surface area contributed by atoms with Crippen molar-refractivity contribution in [1.82, 2.24) is 0 Å². The van der Waals surface area contributed by atoms with Crippen molar-refractivity contribution in [1.29, 1.82) is 0 Å². The average Bonchev–Trinajstić information content (AvgIpc) is 3.15. The molecule has 1 aliphatic carbocycles. The Balaban J connectivity index is 1.37. The van der Waals surface area contributed by atoms with Crippen LogP contribution in [0.15, 0.2) is 0 Å². The molecule has 0 aromatic rings. The minimum Gasteiger partial charge on any atom is -0.382 e. The number of hydrogen-bond acceptors (Lipinski definition) is 2. The molecule has 0 radical (unpaired) electrons. The summed E-state index contributed by atoms with van der Waals surface area (Å²) in [6.45, 7) is 3.55. The van der Waals surface area contributed by atoms with Crippen molar-refractivity contribution in [3.05, 3.63) is 0 Å². The van der Waals surface area contributed by atoms with Crippen molar-refractivity contribution >= 4 is 8.80 Å². The highest BCUT2D eigenvalue weighted by atomic mass is 28.3. The first kappa shape index (κ1) is 12.2. The zero-order valence-electron chi connectivity index (χ0n) is 11.1. The Kier molecular flexibility index (Phi) is 3.88. The number of rotatable bonds is 4. The summed E-state index contributed by atoms with van der Waals surface area (Å²) in [5.41, 5.74) is 0.692. The fourth-order valence-electron chi connectivity index (χ4n) is 3.65. The monoisotopic (exact) mass is 254 g/mol. The van der Waals surface area contributed by atoms with Gasteiger partial charge in [0.2, 0.25) is 0 Å². The topological polar surface area (TPSA) is 21.8 Å². The van der Waals surface area contributed by atoms with Gasteiger partial charge in [-0.25, -0.2) is 0 Å². The molecule has 5 atom stereocenters. The first-order valence-corrected chi connectivity index (χ1v) is 10.2. The van der Waals surface area contributed by atoms with Crippen LogP contribution in [-0.4, -0.2) is 33.3 Å². The highest BCUT2D eigenvalue weighted by molar-refractivity contribution is 6.58. The van der Waals surface area contributed by atoms with Crippen molar-refractivity contribution in [2.45, 2.75) is 75.5 Å². The molecule has 2 saturated heterocycles. The van der Waals surface area contributed by atoms with Gasteiger partial charge in [0.25, 0.3) is 0 Å². The van der Waals surface area contributed by atoms with E-state index in [0.29, 0.717) is 17.9 Å². The summed E-state index contributed by atoms with van der Waals surface area (Å²) in [4.78, 5) is 0. The number of hydrogen-bond donors (Lipinski definition) is 0. The van der Waals surface area contributed by atoms with E-state index in [-0.39, 0.29) is 0 Å². The number of fused-ring (bicyclic) bond motifs is 1. The van der Waals surface area contributed by atoms with Crippen molar-refractivity contribution in [2.24, 2.45) is 5.92 Å². The predicted octanol–water partition coefficient (Wildman–Crippen LogP) is 2.91. The minimum atomic E-state index is -0.624. The summed E-state index contributed by atoms with van der Waals surface area (Å²) < 4.78 is 11.6. The summed E-state index contributed by atoms with van der Waals surface area (Å²) in [6.07, 6.45) is 11.0. The first-order valence-electron chi connectivity index (χ1n) is 7.60. The van der Waals surface area contributed by atoms with E-state index in [4.69, 9.17) is 9.47 Å². The van der Waals surface area contributed by atoms with Crippen LogP contribution in [0.1, 0.15) is 44.9 Å². The molecule has 0 aromatic heterocycles. The molecule has 2 nitrogen and oxygen atoms in total. The van der Waals surface area contributed by atoms with E-state index in [1.807, 2.05) is 0 Å². The predicted molar refractivity (Wildman–Crippen MR) is 72.0 cm³/mol. The zero-order chi connectivity index (χ0) is 11.7. The van der Waals surface area contributed by atoms with E-state index in [0.717, 1.165) is 12.5 Å². The van der Waals surface area contributed by atoms with Crippen molar-refractivity contribution in [2.75, 3.05) is 6.61 Å². The molecular formula is C14H26O2Si. The van der Waals surface area contributed by atoms with Crippen LogP contribution in [0.3, 0.4) is 0 Å². The van der Waals surface area contributed by atoms with Gasteiger partial charge in [-0.15, -0.1) is 0 Å². The largest absolute Gasteiger partial charge is 0.382 e. The molecule has 3 rings (SSSR count). The van der Waals surface area contributed by atoms with Crippen LogP contribution in [0, 0.1) is 5.92 Å². The molecule has 2 heterocycles. The van der Waals surface area contributed by atoms with E-state index in [2.05, 4.69) is 6.55 Å². The minimum absolute atomic E-state index is 0.624. The van der Waals surface area contributed by atoms with Gasteiger partial charge in [-0.1, -0.05) is 19.0 Å². The second-order valence-corrected chi connectivity index (χ2v) is 9.63. The summed E-state index contributed by atoms with van der Waals surface area (Å²) in [7, 11) is -0.624. The SMILES string of the molecule is C[SiH](CCC1CCC2OC2C1)C1CCCCO1. The second-order valence-electron chi connectivity index (χ2n) is 6.35. The Morgan fingerprint density at radius 3 is 2.82 bits per heavy atom. The fourth-order valence-corrected chi connectivity index (χ4v) is 6.29. The Morgan fingerprint density at radius 1 is 1.12 bits per heavy atom. The Hall–Kier alpha value is 0.137. The van der Waals surface area contributed by atoms with Gasteiger partial charge in [-0.2, -0.15) is 0 Å². The van der Waals surface area contributed by atoms with E-state index < -0.39 is 8.80 Å². The maximum Gasteiger partial charge on any atom is 0.0844 e. The molecule has 0 N–H and O–H groups in total. The lowest BCUT2D eigenvalue weighted by Crippen LogP contribution is -2.34. The maximum atomic E-state index is 5.95. The van der Waals surface area contributed by atoms with Crippen LogP contribution in [0.25, 0.3) is 0 Å². The molecule has 2 aliphatic heterocycles. The van der Waals surface area contributed by atoms with Gasteiger partial charge in [0, 0.05) is 12.3 Å². The lowest BCUT2D eigenvalue weighted by atomic mass is 9.88. The van der Waals surface area contributed by atoms with E-state index >= 15 is 0 Å². The molecule has 3 aliphatic rings. The van der Waals surface area contributed by atoms with Crippen molar-refractivity contribution in [3.63, 3.8) is 0 Å². The average molecular weight is 254 g/mol. The summed E-state index contributed by atoms with van der Waals surface area (Å²) in [5, 5.41) is 0. The molecule has 0 bridgehead atoms. The summed E-state index contributed by atoms with van der Waals surface area (Å²) >= 11 is 0. The number of epoxide rings is 1. The lowest BCUT2D eigenvalue weighted by Gasteiger charge is -2.28. The maximum absolute atomic E-state index is 5.95. The molecule has 0 spiro atoms. The van der Waals surface area contributed by atoms with Gasteiger partial charge in [-0.05, 0) is 44.4 Å². The van der Waals surface area contributed by atoms with Gasteiger partial charge in [0.1, 0.15) is 0 Å². The first-order chi connectivity index (χ1) is 8.33. The highest BCUT2D eigenvalue weighted by Crippen LogP contribution is 2.41. The zero-order valence-corrected chi connectivity index (χ0v) is 12.2. The normalized spacial score (nSPS) is 42.9. The third-order valence-corrected chi connectivity index (χ3v) is 8.03. The molecule has 3 fully saturated rings. The molecule has 0 aromatic carbocycles. The third kappa shape index (κ3) is 3.12. The van der Waals surface area contributed by atoms with Gasteiger partial charge in [0.05, 0.1) is 21.0 Å². The Morgan fingerprint density at radius 2 is 2.06 bits per heavy atom. The Bertz CT molecular complexity index is 253. The quantitative estimate of drug-likeness (QED) is 0.568. The second kappa shape index (κ2) is 5.41. The van der Waals surface area contributed by atoms with Crippen molar-refractivity contribution < 1.29 is 9.47 Å². The standard InChI is InChI=1S/C14H26O2Si/c1-17(14-4-2-3-8-15-14)9-7-11-5-6-12-13(10-11)16-12/h11-14,17H,2-10H2,1H3. The summed E-state index contributed by atoms with van der Waals surface area (Å²) in [6, 6.07) is 1.49. The van der Waals surface area contributed by atoms with E-state index in [1.54, 1.807) is 0 Å². The smallest absolute Gasteiger partial charge is 0.0844 e. The van der Waals surface area contributed by atoms with Gasteiger partial charge >= 0.3 is 0 Å².